The summed E-state index contributed by atoms with van der Waals surface area (Å²) in [6.07, 6.45) is 9.17. The van der Waals surface area contributed by atoms with E-state index in [0.717, 1.165) is 51.4 Å². The van der Waals surface area contributed by atoms with Gasteiger partial charge in [0.25, 0.3) is 0 Å². The summed E-state index contributed by atoms with van der Waals surface area (Å²) < 4.78 is 71.0. The quantitative estimate of drug-likeness (QED) is 0.129. The fraction of sp³-hybridized carbons (Fsp3) is 0.394. The Balaban J connectivity index is 1.45. The molecule has 208 valence electrons. The number of unbranched alkanes of at least 4 members (excludes halogenated alkanes) is 3. The molecule has 0 aliphatic carbocycles. The average molecular weight is 541 g/mol. The van der Waals surface area contributed by atoms with Gasteiger partial charge in [-0.25, -0.2) is 13.2 Å². The number of benzene rings is 3. The molecule has 6 heteroatoms. The van der Waals surface area contributed by atoms with Crippen molar-refractivity contribution in [3.8, 4) is 28.0 Å². The summed E-state index contributed by atoms with van der Waals surface area (Å²) in [7, 11) is 0. The number of rotatable bonds is 12. The van der Waals surface area contributed by atoms with Gasteiger partial charge in [0.2, 0.25) is 5.82 Å². The topological polar surface area (TPSA) is 18.5 Å². The smallest absolute Gasteiger partial charge is 0.201 e. The molecule has 4 rings (SSSR count). The molecule has 1 fully saturated rings. The molecule has 0 bridgehead atoms. The van der Waals surface area contributed by atoms with E-state index in [1.807, 2.05) is 6.08 Å². The first-order valence-corrected chi connectivity index (χ1v) is 13.9. The van der Waals surface area contributed by atoms with Crippen LogP contribution in [0.2, 0.25) is 0 Å². The Morgan fingerprint density at radius 3 is 2.10 bits per heavy atom. The number of halogens is 4. The third-order valence-electron chi connectivity index (χ3n) is 7.42. The van der Waals surface area contributed by atoms with Crippen molar-refractivity contribution in [2.24, 2.45) is 0 Å². The van der Waals surface area contributed by atoms with Crippen molar-refractivity contribution >= 4 is 0 Å². The van der Waals surface area contributed by atoms with Gasteiger partial charge in [0, 0.05) is 17.0 Å². The Morgan fingerprint density at radius 2 is 1.49 bits per heavy atom. The van der Waals surface area contributed by atoms with Crippen LogP contribution in [0.25, 0.3) is 22.3 Å². The van der Waals surface area contributed by atoms with E-state index in [-0.39, 0.29) is 28.9 Å². The van der Waals surface area contributed by atoms with Crippen molar-refractivity contribution < 1.29 is 27.0 Å². The zero-order chi connectivity index (χ0) is 27.8. The van der Waals surface area contributed by atoms with E-state index in [2.05, 4.69) is 13.5 Å². The van der Waals surface area contributed by atoms with Crippen molar-refractivity contribution in [1.29, 1.82) is 0 Å². The molecule has 3 aromatic carbocycles. The lowest BCUT2D eigenvalue weighted by Crippen LogP contribution is -2.25. The van der Waals surface area contributed by atoms with Crippen molar-refractivity contribution in [1.82, 2.24) is 0 Å². The molecular weight excluding hydrogens is 504 g/mol. The minimum atomic E-state index is -1.03. The summed E-state index contributed by atoms with van der Waals surface area (Å²) in [5.74, 6) is -4.14. The van der Waals surface area contributed by atoms with Crippen molar-refractivity contribution in [2.45, 2.75) is 70.3 Å². The Kier molecular flexibility index (Phi) is 10.2. The molecule has 1 heterocycles. The number of hydrogen-bond acceptors (Lipinski definition) is 2. The predicted molar refractivity (Wildman–Crippen MR) is 148 cm³/mol. The summed E-state index contributed by atoms with van der Waals surface area (Å²) in [4.78, 5) is 0. The highest BCUT2D eigenvalue weighted by Crippen LogP contribution is 2.36. The van der Waals surface area contributed by atoms with Crippen LogP contribution in [-0.2, 0) is 4.74 Å². The van der Waals surface area contributed by atoms with E-state index in [1.165, 1.54) is 12.1 Å². The SMILES string of the molecule is C=CCCC1CCC(c2ccc(-c3ccc(-c4ccc(OCCCCCC)c(F)c4F)cc3)c(F)c2F)CO1. The van der Waals surface area contributed by atoms with E-state index in [0.29, 0.717) is 29.9 Å². The highest BCUT2D eigenvalue weighted by molar-refractivity contribution is 5.72. The maximum Gasteiger partial charge on any atom is 0.201 e. The van der Waals surface area contributed by atoms with Crippen molar-refractivity contribution in [2.75, 3.05) is 13.2 Å². The second-order valence-electron chi connectivity index (χ2n) is 10.2. The molecule has 39 heavy (non-hydrogen) atoms. The lowest BCUT2D eigenvalue weighted by molar-refractivity contribution is -0.000881. The standard InChI is InChI=1S/C33H36F4O2/c1-3-5-7-8-20-38-29-19-18-27(32(36)33(29)37)23-12-10-22(11-13-23)26-16-17-28(31(35)30(26)34)24-14-15-25(39-21-24)9-6-4-2/h4,10-13,16-19,24-25H,2-3,5-9,14-15,20-21H2,1H3. The molecule has 0 radical (unpaired) electrons. The van der Waals surface area contributed by atoms with Gasteiger partial charge in [-0.3, -0.25) is 0 Å². The molecule has 2 nitrogen and oxygen atoms in total. The molecule has 0 saturated carbocycles. The summed E-state index contributed by atoms with van der Waals surface area (Å²) in [6.45, 7) is 6.51. The molecule has 0 aromatic heterocycles. The molecule has 1 aliphatic rings. The third kappa shape index (κ3) is 6.91. The number of ether oxygens (including phenoxy) is 2. The fourth-order valence-corrected chi connectivity index (χ4v) is 5.09. The minimum Gasteiger partial charge on any atom is -0.490 e. The van der Waals surface area contributed by atoms with E-state index in [9.17, 15) is 8.78 Å². The number of allylic oxidation sites excluding steroid dienone is 1. The first-order chi connectivity index (χ1) is 18.9. The zero-order valence-electron chi connectivity index (χ0n) is 22.5. The molecule has 1 saturated heterocycles. The molecular formula is C33H36F4O2. The monoisotopic (exact) mass is 540 g/mol. The van der Waals surface area contributed by atoms with Crippen LogP contribution >= 0.6 is 0 Å². The Labute approximate surface area is 228 Å². The predicted octanol–water partition coefficient (Wildman–Crippen LogP) is 9.76. The maximum absolute atomic E-state index is 15.2. The summed E-state index contributed by atoms with van der Waals surface area (Å²) in [5.41, 5.74) is 1.37. The summed E-state index contributed by atoms with van der Waals surface area (Å²) in [5, 5.41) is 0. The van der Waals surface area contributed by atoms with Gasteiger partial charge in [-0.15, -0.1) is 6.58 Å². The van der Waals surface area contributed by atoms with Crippen molar-refractivity contribution in [3.63, 3.8) is 0 Å². The van der Waals surface area contributed by atoms with Crippen LogP contribution in [0.5, 0.6) is 5.75 Å². The van der Waals surface area contributed by atoms with E-state index in [4.69, 9.17) is 9.47 Å². The highest BCUT2D eigenvalue weighted by Gasteiger charge is 2.27. The normalized spacial score (nSPS) is 17.3. The van der Waals surface area contributed by atoms with Gasteiger partial charge in [0.15, 0.2) is 23.2 Å². The molecule has 0 N–H and O–H groups in total. The number of hydrogen-bond donors (Lipinski definition) is 0. The summed E-state index contributed by atoms with van der Waals surface area (Å²) in [6, 6.07) is 12.4. The van der Waals surface area contributed by atoms with Gasteiger partial charge >= 0.3 is 0 Å². The molecule has 2 unspecified atom stereocenters. The van der Waals surface area contributed by atoms with Crippen LogP contribution in [0.4, 0.5) is 17.6 Å². The van der Waals surface area contributed by atoms with Crippen LogP contribution < -0.4 is 4.74 Å². The third-order valence-corrected chi connectivity index (χ3v) is 7.42. The van der Waals surface area contributed by atoms with E-state index in [1.54, 1.807) is 36.4 Å². The molecule has 0 amide bonds. The van der Waals surface area contributed by atoms with E-state index >= 15 is 8.78 Å². The van der Waals surface area contributed by atoms with Gasteiger partial charge in [0.1, 0.15) is 0 Å². The largest absolute Gasteiger partial charge is 0.490 e. The second-order valence-corrected chi connectivity index (χ2v) is 10.2. The first kappa shape index (κ1) is 28.9. The maximum atomic E-state index is 15.2. The van der Waals surface area contributed by atoms with Crippen LogP contribution in [0.1, 0.15) is 69.8 Å². The fourth-order valence-electron chi connectivity index (χ4n) is 5.09. The Morgan fingerprint density at radius 1 is 0.821 bits per heavy atom. The van der Waals surface area contributed by atoms with Gasteiger partial charge in [-0.2, -0.15) is 4.39 Å². The molecule has 2 atom stereocenters. The van der Waals surface area contributed by atoms with Gasteiger partial charge in [-0.1, -0.05) is 68.7 Å². The highest BCUT2D eigenvalue weighted by atomic mass is 19.2. The zero-order valence-corrected chi connectivity index (χ0v) is 22.5. The Bertz CT molecular complexity index is 1250. The lowest BCUT2D eigenvalue weighted by atomic mass is 9.88. The van der Waals surface area contributed by atoms with Gasteiger partial charge in [-0.05, 0) is 60.9 Å². The molecule has 0 spiro atoms. The molecule has 1 aliphatic heterocycles. The lowest BCUT2D eigenvalue weighted by Gasteiger charge is -2.29. The first-order valence-electron chi connectivity index (χ1n) is 13.9. The summed E-state index contributed by atoms with van der Waals surface area (Å²) >= 11 is 0. The van der Waals surface area contributed by atoms with E-state index < -0.39 is 23.3 Å². The van der Waals surface area contributed by atoms with Crippen LogP contribution in [-0.4, -0.2) is 19.3 Å². The average Bonchev–Trinajstić information content (AvgIpc) is 2.96. The van der Waals surface area contributed by atoms with Crippen LogP contribution in [0.3, 0.4) is 0 Å². The Hall–Kier alpha value is -3.12. The minimum absolute atomic E-state index is 0.0723. The second kappa shape index (κ2) is 13.8. The van der Waals surface area contributed by atoms with Gasteiger partial charge < -0.3 is 9.47 Å². The van der Waals surface area contributed by atoms with Crippen molar-refractivity contribution in [3.05, 3.63) is 90.0 Å². The van der Waals surface area contributed by atoms with Gasteiger partial charge in [0.05, 0.1) is 19.3 Å². The van der Waals surface area contributed by atoms with Crippen LogP contribution in [0.15, 0.2) is 61.2 Å². The molecule has 3 aromatic rings. The van der Waals surface area contributed by atoms with Crippen LogP contribution in [0, 0.1) is 23.3 Å².